The highest BCUT2D eigenvalue weighted by Gasteiger charge is 2.13. The van der Waals surface area contributed by atoms with E-state index in [1.165, 1.54) is 11.3 Å². The molecule has 0 radical (unpaired) electrons. The molecule has 0 spiro atoms. The van der Waals surface area contributed by atoms with E-state index >= 15 is 0 Å². The molecule has 0 unspecified atom stereocenters. The van der Waals surface area contributed by atoms with Gasteiger partial charge in [0.05, 0.1) is 5.97 Å². The molecule has 0 aliphatic rings. The molecule has 2 rings (SSSR count). The molecule has 0 fully saturated rings. The summed E-state index contributed by atoms with van der Waals surface area (Å²) in [6.07, 6.45) is 0. The van der Waals surface area contributed by atoms with E-state index in [-0.39, 0.29) is 0 Å². The number of carbonyl (C=O) groups excluding carboxylic acids is 1. The number of anilines is 1. The lowest BCUT2D eigenvalue weighted by molar-refractivity contribution is -0.307. The maximum Gasteiger partial charge on any atom is 0.101 e. The number of thiophene rings is 1. The molecule has 4 heteroatoms. The van der Waals surface area contributed by atoms with Gasteiger partial charge in [0.1, 0.15) is 6.04 Å². The summed E-state index contributed by atoms with van der Waals surface area (Å²) >= 11 is 1.40. The molecule has 1 aromatic carbocycles. The lowest BCUT2D eigenvalue weighted by Gasteiger charge is -2.19. The summed E-state index contributed by atoms with van der Waals surface area (Å²) in [6.45, 7) is 0. The monoisotopic (exact) mass is 232 g/mol. The Hall–Kier alpha value is -1.81. The molecule has 0 aliphatic carbocycles. The molecule has 16 heavy (non-hydrogen) atoms. The van der Waals surface area contributed by atoms with Gasteiger partial charge in [-0.3, -0.25) is 0 Å². The van der Waals surface area contributed by atoms with Gasteiger partial charge in [-0.25, -0.2) is 0 Å². The van der Waals surface area contributed by atoms with Crippen molar-refractivity contribution < 1.29 is 9.90 Å². The van der Waals surface area contributed by atoms with Crippen molar-refractivity contribution in [2.75, 3.05) is 5.32 Å². The average molecular weight is 232 g/mol. The van der Waals surface area contributed by atoms with Crippen LogP contribution in [0.3, 0.4) is 0 Å². The zero-order valence-electron chi connectivity index (χ0n) is 8.42. The number of carboxylic acids is 1. The first-order valence-corrected chi connectivity index (χ1v) is 5.71. The van der Waals surface area contributed by atoms with Crippen molar-refractivity contribution in [2.45, 2.75) is 6.04 Å². The van der Waals surface area contributed by atoms with Crippen molar-refractivity contribution in [2.24, 2.45) is 0 Å². The van der Waals surface area contributed by atoms with E-state index in [1.807, 2.05) is 41.8 Å². The Labute approximate surface area is 97.4 Å². The van der Waals surface area contributed by atoms with Gasteiger partial charge in [0.25, 0.3) is 0 Å². The number of hydrogen-bond donors (Lipinski definition) is 1. The minimum atomic E-state index is -1.12. The third kappa shape index (κ3) is 2.41. The second-order valence-electron chi connectivity index (χ2n) is 3.28. The van der Waals surface area contributed by atoms with Gasteiger partial charge in [-0.05, 0) is 23.6 Å². The molecule has 2 aromatic rings. The SMILES string of the molecule is O=C([O-])[C@@H](Nc1ccccc1)c1cccs1. The summed E-state index contributed by atoms with van der Waals surface area (Å²) in [5.74, 6) is -1.12. The smallest absolute Gasteiger partial charge is 0.101 e. The predicted molar refractivity (Wildman–Crippen MR) is 62.1 cm³/mol. The number of hydrogen-bond acceptors (Lipinski definition) is 4. The molecule has 82 valence electrons. The van der Waals surface area contributed by atoms with E-state index < -0.39 is 12.0 Å². The normalized spacial score (nSPS) is 12.0. The van der Waals surface area contributed by atoms with Crippen molar-refractivity contribution in [3.8, 4) is 0 Å². The summed E-state index contributed by atoms with van der Waals surface area (Å²) in [5, 5.41) is 15.8. The van der Waals surface area contributed by atoms with E-state index in [4.69, 9.17) is 0 Å². The molecular weight excluding hydrogens is 222 g/mol. The summed E-state index contributed by atoms with van der Waals surface area (Å²) in [5.41, 5.74) is 0.769. The molecule has 0 amide bonds. The van der Waals surface area contributed by atoms with Crippen LogP contribution in [0.15, 0.2) is 47.8 Å². The van der Waals surface area contributed by atoms with Crippen LogP contribution in [0.5, 0.6) is 0 Å². The number of aliphatic carboxylic acids is 1. The van der Waals surface area contributed by atoms with E-state index in [0.717, 1.165) is 10.6 Å². The van der Waals surface area contributed by atoms with Crippen LogP contribution in [-0.4, -0.2) is 5.97 Å². The summed E-state index contributed by atoms with van der Waals surface area (Å²) in [4.78, 5) is 11.8. The van der Waals surface area contributed by atoms with E-state index in [1.54, 1.807) is 6.07 Å². The van der Waals surface area contributed by atoms with Crippen LogP contribution in [0.2, 0.25) is 0 Å². The Morgan fingerprint density at radius 1 is 1.19 bits per heavy atom. The fourth-order valence-corrected chi connectivity index (χ4v) is 2.17. The van der Waals surface area contributed by atoms with Crippen LogP contribution in [-0.2, 0) is 4.79 Å². The zero-order valence-corrected chi connectivity index (χ0v) is 9.24. The van der Waals surface area contributed by atoms with Crippen molar-refractivity contribution in [1.29, 1.82) is 0 Å². The molecule has 3 nitrogen and oxygen atoms in total. The van der Waals surface area contributed by atoms with Crippen LogP contribution in [0, 0.1) is 0 Å². The van der Waals surface area contributed by atoms with Crippen LogP contribution in [0.25, 0.3) is 0 Å². The van der Waals surface area contributed by atoms with Crippen molar-refractivity contribution in [3.63, 3.8) is 0 Å². The van der Waals surface area contributed by atoms with Gasteiger partial charge in [0, 0.05) is 10.6 Å². The van der Waals surface area contributed by atoms with Gasteiger partial charge in [0.2, 0.25) is 0 Å². The Bertz CT molecular complexity index is 453. The maximum atomic E-state index is 11.0. The molecule has 1 N–H and O–H groups in total. The van der Waals surface area contributed by atoms with Gasteiger partial charge in [-0.2, -0.15) is 0 Å². The zero-order chi connectivity index (χ0) is 11.4. The summed E-state index contributed by atoms with van der Waals surface area (Å²) in [6, 6.07) is 12.0. The first-order chi connectivity index (χ1) is 7.77. The molecule has 1 aromatic heterocycles. The topological polar surface area (TPSA) is 52.2 Å². The molecule has 1 heterocycles. The first-order valence-electron chi connectivity index (χ1n) is 4.83. The van der Waals surface area contributed by atoms with E-state index in [2.05, 4.69) is 5.32 Å². The van der Waals surface area contributed by atoms with Crippen molar-refractivity contribution in [1.82, 2.24) is 0 Å². The lowest BCUT2D eigenvalue weighted by atomic mass is 10.2. The second-order valence-corrected chi connectivity index (χ2v) is 4.26. The Morgan fingerprint density at radius 2 is 1.94 bits per heavy atom. The molecule has 0 saturated heterocycles. The highest BCUT2D eigenvalue weighted by molar-refractivity contribution is 7.10. The summed E-state index contributed by atoms with van der Waals surface area (Å²) < 4.78 is 0. The average Bonchev–Trinajstić information content (AvgIpc) is 2.80. The van der Waals surface area contributed by atoms with Gasteiger partial charge in [0.15, 0.2) is 0 Å². The minimum Gasteiger partial charge on any atom is -0.547 e. The molecular formula is C12H10NO2S-. The number of carbonyl (C=O) groups is 1. The van der Waals surface area contributed by atoms with Gasteiger partial charge in [-0.15, -0.1) is 11.3 Å². The summed E-state index contributed by atoms with van der Waals surface area (Å²) in [7, 11) is 0. The van der Waals surface area contributed by atoms with Crippen LogP contribution in [0.1, 0.15) is 10.9 Å². The third-order valence-corrected chi connectivity index (χ3v) is 3.09. The highest BCUT2D eigenvalue weighted by Crippen LogP contribution is 2.22. The van der Waals surface area contributed by atoms with E-state index in [0.29, 0.717) is 0 Å². The van der Waals surface area contributed by atoms with Crippen LogP contribution in [0.4, 0.5) is 5.69 Å². The molecule has 1 atom stereocenters. The van der Waals surface area contributed by atoms with Gasteiger partial charge >= 0.3 is 0 Å². The number of benzene rings is 1. The first kappa shape index (κ1) is 10.7. The second kappa shape index (κ2) is 4.81. The van der Waals surface area contributed by atoms with Crippen LogP contribution < -0.4 is 10.4 Å². The quantitative estimate of drug-likeness (QED) is 0.872. The third-order valence-electron chi connectivity index (χ3n) is 2.15. The Balaban J connectivity index is 2.19. The molecule has 0 bridgehead atoms. The standard InChI is InChI=1S/C12H11NO2S/c14-12(15)11(10-7-4-8-16-10)13-9-5-2-1-3-6-9/h1-8,11,13H,(H,14,15)/p-1/t11-/m0/s1. The number of nitrogens with one attached hydrogen (secondary N) is 1. The molecule has 0 saturated carbocycles. The van der Waals surface area contributed by atoms with Crippen LogP contribution >= 0.6 is 11.3 Å². The largest absolute Gasteiger partial charge is 0.547 e. The lowest BCUT2D eigenvalue weighted by Crippen LogP contribution is -2.33. The van der Waals surface area contributed by atoms with Gasteiger partial charge in [-0.1, -0.05) is 24.3 Å². The fourth-order valence-electron chi connectivity index (χ4n) is 1.40. The number of rotatable bonds is 4. The number of para-hydroxylation sites is 1. The Kier molecular flexibility index (Phi) is 3.22. The Morgan fingerprint density at radius 3 is 2.50 bits per heavy atom. The van der Waals surface area contributed by atoms with Crippen molar-refractivity contribution in [3.05, 3.63) is 52.7 Å². The molecule has 0 aliphatic heterocycles. The van der Waals surface area contributed by atoms with Gasteiger partial charge < -0.3 is 15.2 Å². The van der Waals surface area contributed by atoms with E-state index in [9.17, 15) is 9.90 Å². The fraction of sp³-hybridized carbons (Fsp3) is 0.0833. The predicted octanol–water partition coefficient (Wildman–Crippen LogP) is 1.65. The maximum absolute atomic E-state index is 11.0. The minimum absolute atomic E-state index is 0.740. The number of carboxylic acid groups (broad SMARTS) is 1. The highest BCUT2D eigenvalue weighted by atomic mass is 32.1. The van der Waals surface area contributed by atoms with Crippen molar-refractivity contribution >= 4 is 23.0 Å².